The first-order chi connectivity index (χ1) is 10.3. The van der Waals surface area contributed by atoms with Crippen molar-refractivity contribution in [1.29, 1.82) is 0 Å². The lowest BCUT2D eigenvalue weighted by atomic mass is 10.0. The molecule has 0 aliphatic heterocycles. The summed E-state index contributed by atoms with van der Waals surface area (Å²) in [5, 5.41) is 13.3. The topological polar surface area (TPSA) is 74.4 Å². The van der Waals surface area contributed by atoms with Gasteiger partial charge in [0.25, 0.3) is 0 Å². The lowest BCUT2D eigenvalue weighted by molar-refractivity contribution is 0.0483. The average molecular weight is 304 g/mol. The molecule has 120 valence electrons. The minimum Gasteiger partial charge on any atom is -0.444 e. The van der Waals surface area contributed by atoms with Crippen LogP contribution in [-0.4, -0.2) is 34.4 Å². The first kappa shape index (κ1) is 16.4. The molecule has 2 rings (SSSR count). The molecule has 5 heteroatoms. The van der Waals surface area contributed by atoms with Crippen LogP contribution in [0.4, 0.5) is 4.79 Å². The van der Waals surface area contributed by atoms with Gasteiger partial charge in [-0.2, -0.15) is 0 Å². The van der Waals surface area contributed by atoms with Gasteiger partial charge < -0.3 is 20.1 Å². The molecule has 1 atom stereocenters. The second-order valence-electron chi connectivity index (χ2n) is 6.59. The molecule has 0 aliphatic rings. The SMILES string of the molecule is Cc1ccc2[nH]cc(C[C@@H](CO)NC(=O)OC(C)(C)C)c2c1. The van der Waals surface area contributed by atoms with Gasteiger partial charge in [0, 0.05) is 17.1 Å². The van der Waals surface area contributed by atoms with E-state index < -0.39 is 11.7 Å². The molecule has 0 unspecified atom stereocenters. The minimum absolute atomic E-state index is 0.141. The van der Waals surface area contributed by atoms with Crippen LogP contribution >= 0.6 is 0 Å². The Labute approximate surface area is 130 Å². The van der Waals surface area contributed by atoms with Crippen molar-refractivity contribution >= 4 is 17.0 Å². The number of rotatable bonds is 4. The summed E-state index contributed by atoms with van der Waals surface area (Å²) in [5.74, 6) is 0. The number of hydrogen-bond acceptors (Lipinski definition) is 3. The predicted octanol–water partition coefficient (Wildman–Crippen LogP) is 2.90. The molecule has 3 N–H and O–H groups in total. The summed E-state index contributed by atoms with van der Waals surface area (Å²) in [7, 11) is 0. The Bertz CT molecular complexity index is 655. The van der Waals surface area contributed by atoms with Crippen LogP contribution in [-0.2, 0) is 11.2 Å². The number of aromatic amines is 1. The summed E-state index contributed by atoms with van der Waals surface area (Å²) in [5.41, 5.74) is 2.74. The third-order valence-corrected chi connectivity index (χ3v) is 3.33. The second kappa shape index (κ2) is 6.40. The number of aromatic nitrogens is 1. The highest BCUT2D eigenvalue weighted by molar-refractivity contribution is 5.84. The van der Waals surface area contributed by atoms with Crippen LogP contribution in [0.25, 0.3) is 10.9 Å². The van der Waals surface area contributed by atoms with E-state index in [0.29, 0.717) is 6.42 Å². The van der Waals surface area contributed by atoms with Crippen molar-refractivity contribution in [2.24, 2.45) is 0 Å². The molecule has 2 aromatic rings. The van der Waals surface area contributed by atoms with Gasteiger partial charge in [-0.25, -0.2) is 4.79 Å². The molecular weight excluding hydrogens is 280 g/mol. The van der Waals surface area contributed by atoms with E-state index in [0.717, 1.165) is 16.5 Å². The smallest absolute Gasteiger partial charge is 0.407 e. The van der Waals surface area contributed by atoms with Crippen LogP contribution in [0, 0.1) is 6.92 Å². The lowest BCUT2D eigenvalue weighted by Crippen LogP contribution is -2.42. The molecule has 1 heterocycles. The van der Waals surface area contributed by atoms with Crippen molar-refractivity contribution in [3.63, 3.8) is 0 Å². The van der Waals surface area contributed by atoms with Crippen molar-refractivity contribution < 1.29 is 14.6 Å². The third-order valence-electron chi connectivity index (χ3n) is 3.33. The monoisotopic (exact) mass is 304 g/mol. The summed E-state index contributed by atoms with van der Waals surface area (Å²) < 4.78 is 5.23. The Morgan fingerprint density at radius 2 is 2.14 bits per heavy atom. The zero-order valence-corrected chi connectivity index (χ0v) is 13.6. The lowest BCUT2D eigenvalue weighted by Gasteiger charge is -2.22. The molecule has 0 spiro atoms. The highest BCUT2D eigenvalue weighted by atomic mass is 16.6. The van der Waals surface area contributed by atoms with Gasteiger partial charge in [0.05, 0.1) is 12.6 Å². The van der Waals surface area contributed by atoms with Crippen LogP contribution in [0.1, 0.15) is 31.9 Å². The summed E-state index contributed by atoms with van der Waals surface area (Å²) in [4.78, 5) is 15.0. The van der Waals surface area contributed by atoms with Crippen LogP contribution in [0.3, 0.4) is 0 Å². The largest absolute Gasteiger partial charge is 0.444 e. The van der Waals surface area contributed by atoms with E-state index in [1.54, 1.807) is 0 Å². The van der Waals surface area contributed by atoms with Crippen molar-refractivity contribution in [2.45, 2.75) is 45.8 Å². The first-order valence-corrected chi connectivity index (χ1v) is 7.45. The standard InChI is InChI=1S/C17H24N2O3/c1-11-5-6-15-14(7-11)12(9-18-15)8-13(10-20)19-16(21)22-17(2,3)4/h5-7,9,13,18,20H,8,10H2,1-4H3,(H,19,21)/t13-/m0/s1. The summed E-state index contributed by atoms with van der Waals surface area (Å²) in [6, 6.07) is 5.80. The number of hydrogen-bond donors (Lipinski definition) is 3. The molecule has 1 aromatic carbocycles. The van der Waals surface area contributed by atoms with E-state index >= 15 is 0 Å². The second-order valence-corrected chi connectivity index (χ2v) is 6.59. The molecule has 0 fully saturated rings. The van der Waals surface area contributed by atoms with Crippen molar-refractivity contribution in [1.82, 2.24) is 10.3 Å². The van der Waals surface area contributed by atoms with Gasteiger partial charge in [-0.1, -0.05) is 11.6 Å². The zero-order valence-electron chi connectivity index (χ0n) is 13.6. The fraction of sp³-hybridized carbons (Fsp3) is 0.471. The van der Waals surface area contributed by atoms with Gasteiger partial charge in [0.15, 0.2) is 0 Å². The van der Waals surface area contributed by atoms with Gasteiger partial charge in [-0.3, -0.25) is 0 Å². The van der Waals surface area contributed by atoms with E-state index in [-0.39, 0.29) is 12.6 Å². The van der Waals surface area contributed by atoms with E-state index in [9.17, 15) is 9.90 Å². The molecule has 0 radical (unpaired) electrons. The van der Waals surface area contributed by atoms with Crippen molar-refractivity contribution in [2.75, 3.05) is 6.61 Å². The fourth-order valence-corrected chi connectivity index (χ4v) is 2.36. The molecule has 22 heavy (non-hydrogen) atoms. The normalized spacial score (nSPS) is 13.1. The first-order valence-electron chi connectivity index (χ1n) is 7.45. The van der Waals surface area contributed by atoms with Gasteiger partial charge in [-0.15, -0.1) is 0 Å². The number of aliphatic hydroxyl groups excluding tert-OH is 1. The minimum atomic E-state index is -0.554. The molecule has 5 nitrogen and oxygen atoms in total. The van der Waals surface area contributed by atoms with Gasteiger partial charge >= 0.3 is 6.09 Å². The number of aliphatic hydroxyl groups is 1. The van der Waals surface area contributed by atoms with Crippen LogP contribution in [0.5, 0.6) is 0 Å². The Morgan fingerprint density at radius 1 is 1.41 bits per heavy atom. The summed E-state index contributed by atoms with van der Waals surface area (Å²) >= 11 is 0. The number of carbonyl (C=O) groups excluding carboxylic acids is 1. The number of fused-ring (bicyclic) bond motifs is 1. The predicted molar refractivity (Wildman–Crippen MR) is 87.0 cm³/mol. The number of H-pyrrole nitrogens is 1. The quantitative estimate of drug-likeness (QED) is 0.813. The maximum absolute atomic E-state index is 11.8. The molecule has 1 aromatic heterocycles. The number of aryl methyl sites for hydroxylation is 1. The molecular formula is C17H24N2O3. The van der Waals surface area contributed by atoms with Crippen LogP contribution in [0.2, 0.25) is 0 Å². The van der Waals surface area contributed by atoms with Gasteiger partial charge in [0.2, 0.25) is 0 Å². The third kappa shape index (κ3) is 4.24. The molecule has 0 saturated heterocycles. The molecule has 0 saturated carbocycles. The number of nitrogens with one attached hydrogen (secondary N) is 2. The molecule has 0 aliphatic carbocycles. The number of carbonyl (C=O) groups is 1. The van der Waals surface area contributed by atoms with Crippen LogP contribution in [0.15, 0.2) is 24.4 Å². The summed E-state index contributed by atoms with van der Waals surface area (Å²) in [6.45, 7) is 7.32. The van der Waals surface area contributed by atoms with Gasteiger partial charge in [0.1, 0.15) is 5.60 Å². The zero-order chi connectivity index (χ0) is 16.3. The Balaban J connectivity index is 2.09. The Kier molecular flexibility index (Phi) is 4.76. The maximum Gasteiger partial charge on any atom is 0.407 e. The van der Waals surface area contributed by atoms with E-state index in [4.69, 9.17) is 4.74 Å². The number of amides is 1. The average Bonchev–Trinajstić information content (AvgIpc) is 2.78. The molecule has 0 bridgehead atoms. The van der Waals surface area contributed by atoms with Crippen LogP contribution < -0.4 is 5.32 Å². The summed E-state index contributed by atoms with van der Waals surface area (Å²) in [6.07, 6.45) is 1.95. The van der Waals surface area contributed by atoms with E-state index in [1.807, 2.05) is 46.0 Å². The number of ether oxygens (including phenoxy) is 1. The Morgan fingerprint density at radius 3 is 2.77 bits per heavy atom. The number of alkyl carbamates (subject to hydrolysis) is 1. The Hall–Kier alpha value is -2.01. The van der Waals surface area contributed by atoms with Gasteiger partial charge in [-0.05, 0) is 51.8 Å². The maximum atomic E-state index is 11.8. The highest BCUT2D eigenvalue weighted by Crippen LogP contribution is 2.21. The van der Waals surface area contributed by atoms with Crippen molar-refractivity contribution in [3.8, 4) is 0 Å². The number of benzene rings is 1. The van der Waals surface area contributed by atoms with E-state index in [2.05, 4.69) is 16.4 Å². The van der Waals surface area contributed by atoms with E-state index in [1.165, 1.54) is 5.56 Å². The fourth-order valence-electron chi connectivity index (χ4n) is 2.36. The van der Waals surface area contributed by atoms with Crippen molar-refractivity contribution in [3.05, 3.63) is 35.5 Å². The molecule has 1 amide bonds. The highest BCUT2D eigenvalue weighted by Gasteiger charge is 2.20.